The summed E-state index contributed by atoms with van der Waals surface area (Å²) in [5.74, 6) is -0.293. The van der Waals surface area contributed by atoms with Gasteiger partial charge in [0.1, 0.15) is 68.0 Å². The number of phenols is 1. The van der Waals surface area contributed by atoms with Gasteiger partial charge in [-0.15, -0.1) is 0 Å². The Morgan fingerprint density at radius 1 is 0.957 bits per heavy atom. The topological polar surface area (TPSA) is 212 Å². The molecule has 0 unspecified atom stereocenters. The van der Waals surface area contributed by atoms with Crippen molar-refractivity contribution in [1.29, 1.82) is 0 Å². The zero-order valence-corrected chi connectivity index (χ0v) is 25.6. The number of hydrogen-bond donors (Lipinski definition) is 8. The van der Waals surface area contributed by atoms with Crippen molar-refractivity contribution < 1.29 is 59.1 Å². The van der Waals surface area contributed by atoms with Gasteiger partial charge >= 0.3 is 0 Å². The molecule has 2 aromatic carbocycles. The molecule has 3 aromatic rings. The van der Waals surface area contributed by atoms with E-state index in [0.29, 0.717) is 16.9 Å². The lowest BCUT2D eigenvalue weighted by Crippen LogP contribution is -2.67. The molecular weight excluding hydrogens is 616 g/mol. The number of ether oxygens (including phenoxy) is 5. The number of aromatic hydroxyl groups is 1. The summed E-state index contributed by atoms with van der Waals surface area (Å²) in [5, 5.41) is 66.9. The van der Waals surface area contributed by atoms with E-state index in [1.165, 1.54) is 25.1 Å². The summed E-state index contributed by atoms with van der Waals surface area (Å²) in [7, 11) is 0. The second kappa shape index (κ2) is 13.6. The molecular formula is C33H38N2O12. The Labute approximate surface area is 269 Å². The standard InChI is InChI=1S/C33H38N2O12/c1-15(8-10-43-19-4-5-20-18(13-19)7-9-34-20)29-27(40)28(41)33(47-29)46-22-6-3-17(12-21(22)36)11-16(2)32(42)35-23-24(37)26(39)31-30(25(23)38)44-14-45-31/h3-9,11-13,23-31,33-34,36-41H,10,14H2,1-2H3,(H,35,42)/b15-8-,16-11+/t23-,24+,25-,26-,27+,28+,29-,30+,31-,33-/m1/s1. The predicted molar refractivity (Wildman–Crippen MR) is 165 cm³/mol. The van der Waals surface area contributed by atoms with E-state index in [1.54, 1.807) is 19.1 Å². The Bertz CT molecular complexity index is 1660. The van der Waals surface area contributed by atoms with E-state index in [0.717, 1.165) is 10.9 Å². The summed E-state index contributed by atoms with van der Waals surface area (Å²) in [6.07, 6.45) is -5.81. The molecule has 8 N–H and O–H groups in total. The van der Waals surface area contributed by atoms with Crippen molar-refractivity contribution in [3.63, 3.8) is 0 Å². The van der Waals surface area contributed by atoms with E-state index in [4.69, 9.17) is 23.7 Å². The molecule has 3 aliphatic rings. The van der Waals surface area contributed by atoms with Gasteiger partial charge in [-0.25, -0.2) is 0 Å². The van der Waals surface area contributed by atoms with Crippen LogP contribution in [0.3, 0.4) is 0 Å². The van der Waals surface area contributed by atoms with Gasteiger partial charge in [-0.05, 0) is 73.5 Å². The van der Waals surface area contributed by atoms with Crippen LogP contribution >= 0.6 is 0 Å². The summed E-state index contributed by atoms with van der Waals surface area (Å²) in [5.41, 5.74) is 2.21. The highest BCUT2D eigenvalue weighted by molar-refractivity contribution is 5.97. The van der Waals surface area contributed by atoms with Crippen molar-refractivity contribution in [3.8, 4) is 17.2 Å². The number of nitrogens with one attached hydrogen (secondary N) is 2. The zero-order chi connectivity index (χ0) is 33.4. The van der Waals surface area contributed by atoms with Crippen LogP contribution in [0.1, 0.15) is 19.4 Å². The van der Waals surface area contributed by atoms with Gasteiger partial charge in [0, 0.05) is 22.7 Å². The maximum absolute atomic E-state index is 12.9. The normalized spacial score (nSPS) is 32.7. The van der Waals surface area contributed by atoms with E-state index in [1.807, 2.05) is 30.5 Å². The zero-order valence-electron chi connectivity index (χ0n) is 25.6. The molecule has 14 nitrogen and oxygen atoms in total. The third-order valence-corrected chi connectivity index (χ3v) is 8.72. The number of fused-ring (bicyclic) bond motifs is 2. The molecule has 1 aliphatic carbocycles. The Kier molecular flexibility index (Phi) is 9.55. The average molecular weight is 655 g/mol. The molecule has 3 fully saturated rings. The quantitative estimate of drug-likeness (QED) is 0.117. The first kappa shape index (κ1) is 32.9. The Balaban J connectivity index is 1.05. The maximum atomic E-state index is 12.9. The Hall–Kier alpha value is -3.99. The number of aliphatic hydroxyl groups excluding tert-OH is 5. The lowest BCUT2D eigenvalue weighted by Gasteiger charge is -2.41. The monoisotopic (exact) mass is 654 g/mol. The maximum Gasteiger partial charge on any atom is 0.247 e. The van der Waals surface area contributed by atoms with Crippen LogP contribution in [0, 0.1) is 0 Å². The molecule has 3 heterocycles. The van der Waals surface area contributed by atoms with Gasteiger partial charge in [0.2, 0.25) is 12.2 Å². The number of H-pyrrole nitrogens is 1. The summed E-state index contributed by atoms with van der Waals surface area (Å²) in [6, 6.07) is 10.7. The van der Waals surface area contributed by atoms with E-state index in [2.05, 4.69) is 10.3 Å². The van der Waals surface area contributed by atoms with Crippen LogP contribution in [0.4, 0.5) is 0 Å². The predicted octanol–water partition coefficient (Wildman–Crippen LogP) is 0.450. The number of benzene rings is 2. The first-order chi connectivity index (χ1) is 22.5. The van der Waals surface area contributed by atoms with Crippen LogP contribution in [0.2, 0.25) is 0 Å². The molecule has 1 amide bonds. The Morgan fingerprint density at radius 2 is 1.72 bits per heavy atom. The molecule has 1 aromatic heterocycles. The number of amides is 1. The van der Waals surface area contributed by atoms with Gasteiger partial charge in [0.15, 0.2) is 11.5 Å². The van der Waals surface area contributed by atoms with E-state index >= 15 is 0 Å². The molecule has 2 saturated heterocycles. The number of carbonyl (C=O) groups excluding carboxylic acids is 1. The van der Waals surface area contributed by atoms with Crippen molar-refractivity contribution in [3.05, 3.63) is 71.4 Å². The van der Waals surface area contributed by atoms with Crippen LogP contribution < -0.4 is 14.8 Å². The largest absolute Gasteiger partial charge is 0.504 e. The molecule has 1 saturated carbocycles. The summed E-state index contributed by atoms with van der Waals surface area (Å²) in [4.78, 5) is 16.0. The first-order valence-corrected chi connectivity index (χ1v) is 15.2. The summed E-state index contributed by atoms with van der Waals surface area (Å²) >= 11 is 0. The molecule has 0 radical (unpaired) electrons. The molecule has 252 valence electrons. The first-order valence-electron chi connectivity index (χ1n) is 15.2. The van der Waals surface area contributed by atoms with Gasteiger partial charge in [-0.1, -0.05) is 6.07 Å². The third-order valence-electron chi connectivity index (χ3n) is 8.72. The van der Waals surface area contributed by atoms with Gasteiger partial charge in [-0.3, -0.25) is 4.79 Å². The highest BCUT2D eigenvalue weighted by Gasteiger charge is 2.53. The average Bonchev–Trinajstić information content (AvgIpc) is 3.80. The van der Waals surface area contributed by atoms with Crippen molar-refractivity contribution in [1.82, 2.24) is 10.3 Å². The third kappa shape index (κ3) is 6.72. The molecule has 2 aliphatic heterocycles. The molecule has 6 rings (SSSR count). The van der Waals surface area contributed by atoms with Crippen molar-refractivity contribution in [2.45, 2.75) is 75.0 Å². The minimum atomic E-state index is -1.49. The minimum absolute atomic E-state index is 0.0259. The number of carbonyl (C=O) groups is 1. The number of phenolic OH excluding ortho intramolecular Hbond substituents is 1. The molecule has 0 spiro atoms. The van der Waals surface area contributed by atoms with Gasteiger partial charge in [-0.2, -0.15) is 0 Å². The summed E-state index contributed by atoms with van der Waals surface area (Å²) in [6.45, 7) is 3.30. The van der Waals surface area contributed by atoms with Crippen molar-refractivity contribution in [2.24, 2.45) is 0 Å². The van der Waals surface area contributed by atoms with E-state index in [-0.39, 0.29) is 30.5 Å². The van der Waals surface area contributed by atoms with Gasteiger partial charge in [0.25, 0.3) is 0 Å². The van der Waals surface area contributed by atoms with Crippen molar-refractivity contribution in [2.75, 3.05) is 13.4 Å². The molecule has 0 bridgehead atoms. The number of aromatic nitrogens is 1. The second-order valence-electron chi connectivity index (χ2n) is 11.9. The molecule has 10 atom stereocenters. The van der Waals surface area contributed by atoms with Crippen molar-refractivity contribution >= 4 is 22.9 Å². The van der Waals surface area contributed by atoms with Crippen LogP contribution in [0.15, 0.2) is 65.9 Å². The van der Waals surface area contributed by atoms with Crippen LogP contribution in [0.25, 0.3) is 17.0 Å². The highest BCUT2D eigenvalue weighted by atomic mass is 16.7. The number of hydrogen-bond acceptors (Lipinski definition) is 12. The van der Waals surface area contributed by atoms with Crippen LogP contribution in [0.5, 0.6) is 17.2 Å². The lowest BCUT2D eigenvalue weighted by atomic mass is 9.83. The van der Waals surface area contributed by atoms with E-state index in [9.17, 15) is 35.4 Å². The smallest absolute Gasteiger partial charge is 0.247 e. The fourth-order valence-electron chi connectivity index (χ4n) is 6.01. The second-order valence-corrected chi connectivity index (χ2v) is 11.9. The fraction of sp³-hybridized carbons (Fsp3) is 0.424. The van der Waals surface area contributed by atoms with Gasteiger partial charge < -0.3 is 64.6 Å². The van der Waals surface area contributed by atoms with E-state index < -0.39 is 67.1 Å². The lowest BCUT2D eigenvalue weighted by molar-refractivity contribution is -0.155. The number of aliphatic hydroxyl groups is 5. The SMILES string of the molecule is C/C(=C/COc1ccc2[nH]ccc2c1)[C@H]1O[C@@H](Oc2ccc(/C=C(\C)C(=O)N[C@@H]3[C@H](O)[C@@H](O)[C@H]4OCO[C@H]4[C@@H]3O)cc2O)[C@@H](O)[C@@H]1O. The minimum Gasteiger partial charge on any atom is -0.504 e. The number of rotatable bonds is 9. The Morgan fingerprint density at radius 3 is 2.49 bits per heavy atom. The molecule has 14 heteroatoms. The highest BCUT2D eigenvalue weighted by Crippen LogP contribution is 2.34. The van der Waals surface area contributed by atoms with Crippen LogP contribution in [-0.2, 0) is 19.0 Å². The van der Waals surface area contributed by atoms with Crippen LogP contribution in [-0.4, -0.2) is 116 Å². The van der Waals surface area contributed by atoms with Gasteiger partial charge in [0.05, 0.1) is 6.04 Å². The fourth-order valence-corrected chi connectivity index (χ4v) is 6.01. The number of aromatic amines is 1. The molecule has 47 heavy (non-hydrogen) atoms. The summed E-state index contributed by atoms with van der Waals surface area (Å²) < 4.78 is 27.8.